The molecule has 0 fully saturated rings. The monoisotopic (exact) mass is 468 g/mol. The van der Waals surface area contributed by atoms with Crippen LogP contribution in [0.3, 0.4) is 0 Å². The van der Waals surface area contributed by atoms with Crippen LogP contribution < -0.4 is 5.43 Å². The van der Waals surface area contributed by atoms with Crippen molar-refractivity contribution >= 4 is 49.8 Å². The van der Waals surface area contributed by atoms with Crippen molar-refractivity contribution in [3.63, 3.8) is 0 Å². The summed E-state index contributed by atoms with van der Waals surface area (Å²) < 4.78 is 0.964. The number of hydrogen-bond acceptors (Lipinski definition) is 5. The van der Waals surface area contributed by atoms with E-state index >= 15 is 0 Å². The van der Waals surface area contributed by atoms with E-state index in [0.29, 0.717) is 11.5 Å². The third-order valence-electron chi connectivity index (χ3n) is 5.01. The van der Waals surface area contributed by atoms with Crippen molar-refractivity contribution in [2.75, 3.05) is 5.43 Å². The number of phenolic OH excluding ortho intramolecular Hbond substituents is 1. The molecule has 0 aliphatic carbocycles. The molecule has 6 heteroatoms. The molecular formula is C25H17BrN4O. The first-order valence-corrected chi connectivity index (χ1v) is 10.5. The zero-order chi connectivity index (χ0) is 21.2. The predicted molar refractivity (Wildman–Crippen MR) is 130 cm³/mol. The van der Waals surface area contributed by atoms with Crippen LogP contribution in [0.1, 0.15) is 5.56 Å². The molecular weight excluding hydrogens is 452 g/mol. The Labute approximate surface area is 187 Å². The largest absolute Gasteiger partial charge is 0.507 e. The SMILES string of the molecule is Oc1ccc2ccccc2c1/C=N/Nc1nc(-c2ccccc2)c2cc(Br)ccc2n1. The number of nitrogens with zero attached hydrogens (tertiary/aromatic N) is 3. The molecule has 0 saturated carbocycles. The normalized spacial score (nSPS) is 11.4. The van der Waals surface area contributed by atoms with E-state index in [1.54, 1.807) is 12.3 Å². The molecule has 0 bridgehead atoms. The number of phenols is 1. The lowest BCUT2D eigenvalue weighted by molar-refractivity contribution is 0.475. The van der Waals surface area contributed by atoms with Crippen LogP contribution in [-0.2, 0) is 0 Å². The Balaban J connectivity index is 1.55. The maximum Gasteiger partial charge on any atom is 0.244 e. The zero-order valence-corrected chi connectivity index (χ0v) is 17.9. The van der Waals surface area contributed by atoms with E-state index in [1.807, 2.05) is 78.9 Å². The maximum atomic E-state index is 10.3. The minimum absolute atomic E-state index is 0.165. The van der Waals surface area contributed by atoms with E-state index in [9.17, 15) is 5.11 Å². The highest BCUT2D eigenvalue weighted by molar-refractivity contribution is 9.10. The Morgan fingerprint density at radius 3 is 2.52 bits per heavy atom. The number of hydrazone groups is 1. The second kappa shape index (κ2) is 8.16. The summed E-state index contributed by atoms with van der Waals surface area (Å²) in [4.78, 5) is 9.31. The van der Waals surface area contributed by atoms with Gasteiger partial charge in [0.25, 0.3) is 0 Å². The van der Waals surface area contributed by atoms with Gasteiger partial charge in [-0.25, -0.2) is 15.4 Å². The summed E-state index contributed by atoms with van der Waals surface area (Å²) in [6.45, 7) is 0. The number of rotatable bonds is 4. The average molecular weight is 469 g/mol. The van der Waals surface area contributed by atoms with E-state index in [2.05, 4.69) is 31.4 Å². The van der Waals surface area contributed by atoms with Gasteiger partial charge in [-0.3, -0.25) is 0 Å². The number of benzene rings is 4. The summed E-state index contributed by atoms with van der Waals surface area (Å²) in [5.41, 5.74) is 6.18. The average Bonchev–Trinajstić information content (AvgIpc) is 2.81. The van der Waals surface area contributed by atoms with Gasteiger partial charge in [0.1, 0.15) is 5.75 Å². The molecule has 1 aromatic heterocycles. The van der Waals surface area contributed by atoms with Crippen molar-refractivity contribution in [1.82, 2.24) is 9.97 Å². The molecule has 31 heavy (non-hydrogen) atoms. The molecule has 5 aromatic rings. The van der Waals surface area contributed by atoms with Gasteiger partial charge in [0.15, 0.2) is 0 Å². The number of nitrogens with one attached hydrogen (secondary N) is 1. The quantitative estimate of drug-likeness (QED) is 0.237. The lowest BCUT2D eigenvalue weighted by atomic mass is 10.0. The van der Waals surface area contributed by atoms with E-state index in [1.165, 1.54) is 0 Å². The number of aromatic hydroxyl groups is 1. The number of anilines is 1. The fourth-order valence-corrected chi connectivity index (χ4v) is 3.90. The molecule has 150 valence electrons. The van der Waals surface area contributed by atoms with Gasteiger partial charge in [0, 0.05) is 21.0 Å². The van der Waals surface area contributed by atoms with Crippen LogP contribution in [0.2, 0.25) is 0 Å². The van der Waals surface area contributed by atoms with Gasteiger partial charge >= 0.3 is 0 Å². The van der Waals surface area contributed by atoms with Crippen molar-refractivity contribution < 1.29 is 5.11 Å². The molecule has 0 aliphatic heterocycles. The van der Waals surface area contributed by atoms with Crippen LogP contribution in [0, 0.1) is 0 Å². The van der Waals surface area contributed by atoms with Crippen LogP contribution in [0.5, 0.6) is 5.75 Å². The molecule has 0 spiro atoms. The second-order valence-corrected chi connectivity index (χ2v) is 7.93. The number of fused-ring (bicyclic) bond motifs is 2. The summed E-state index contributed by atoms with van der Waals surface area (Å²) in [5.74, 6) is 0.545. The zero-order valence-electron chi connectivity index (χ0n) is 16.3. The van der Waals surface area contributed by atoms with Gasteiger partial charge in [0.05, 0.1) is 17.4 Å². The van der Waals surface area contributed by atoms with Gasteiger partial charge < -0.3 is 5.11 Å². The standard InChI is InChI=1S/C25H17BrN4O/c26-18-11-12-22-20(14-18)24(17-7-2-1-3-8-17)29-25(28-22)30-27-15-21-19-9-5-4-6-16(19)10-13-23(21)31/h1-15,31H,(H,28,29,30)/b27-15+. The molecule has 0 aliphatic rings. The first-order chi connectivity index (χ1) is 15.2. The molecule has 0 amide bonds. The Morgan fingerprint density at radius 2 is 1.65 bits per heavy atom. The number of halogens is 1. The lowest BCUT2D eigenvalue weighted by Gasteiger charge is -2.09. The highest BCUT2D eigenvalue weighted by Gasteiger charge is 2.10. The highest BCUT2D eigenvalue weighted by Crippen LogP contribution is 2.30. The fourth-order valence-electron chi connectivity index (χ4n) is 3.54. The van der Waals surface area contributed by atoms with E-state index < -0.39 is 0 Å². The lowest BCUT2D eigenvalue weighted by Crippen LogP contribution is -2.00. The summed E-state index contributed by atoms with van der Waals surface area (Å²) in [5, 5.41) is 17.5. The Kier molecular flexibility index (Phi) is 5.06. The maximum absolute atomic E-state index is 10.3. The van der Waals surface area contributed by atoms with Crippen LogP contribution in [-0.4, -0.2) is 21.3 Å². The molecule has 0 unspecified atom stereocenters. The molecule has 4 aromatic carbocycles. The van der Waals surface area contributed by atoms with Crippen LogP contribution in [0.4, 0.5) is 5.95 Å². The topological polar surface area (TPSA) is 70.4 Å². The molecule has 2 N–H and O–H groups in total. The molecule has 1 heterocycles. The third kappa shape index (κ3) is 3.85. The Bertz CT molecular complexity index is 1430. The molecule has 5 rings (SSSR count). The first kappa shape index (κ1) is 19.2. The van der Waals surface area contributed by atoms with Crippen molar-refractivity contribution in [1.29, 1.82) is 0 Å². The van der Waals surface area contributed by atoms with Gasteiger partial charge in [-0.1, -0.05) is 76.6 Å². The number of hydrogen-bond donors (Lipinski definition) is 2. The summed E-state index contributed by atoms with van der Waals surface area (Å²) in [7, 11) is 0. The molecule has 0 radical (unpaired) electrons. The summed E-state index contributed by atoms with van der Waals surface area (Å²) in [6, 6.07) is 27.3. The van der Waals surface area contributed by atoms with Gasteiger partial charge in [0.2, 0.25) is 5.95 Å². The van der Waals surface area contributed by atoms with E-state index in [0.717, 1.165) is 37.4 Å². The van der Waals surface area contributed by atoms with Crippen molar-refractivity contribution in [2.45, 2.75) is 0 Å². The van der Waals surface area contributed by atoms with Crippen LogP contribution >= 0.6 is 15.9 Å². The third-order valence-corrected chi connectivity index (χ3v) is 5.50. The molecule has 0 atom stereocenters. The van der Waals surface area contributed by atoms with Crippen molar-refractivity contribution in [2.24, 2.45) is 5.10 Å². The predicted octanol–water partition coefficient (Wildman–Crippen LogP) is 6.36. The Hall–Kier alpha value is -3.77. The van der Waals surface area contributed by atoms with Gasteiger partial charge in [-0.15, -0.1) is 0 Å². The van der Waals surface area contributed by atoms with Crippen molar-refractivity contribution in [3.8, 4) is 17.0 Å². The number of aromatic nitrogens is 2. The van der Waals surface area contributed by atoms with Gasteiger partial charge in [-0.05, 0) is 35.0 Å². The molecule has 0 saturated heterocycles. The fraction of sp³-hybridized carbons (Fsp3) is 0. The van der Waals surface area contributed by atoms with Crippen LogP contribution in [0.25, 0.3) is 32.9 Å². The van der Waals surface area contributed by atoms with E-state index in [4.69, 9.17) is 4.98 Å². The summed E-state index contributed by atoms with van der Waals surface area (Å²) >= 11 is 3.53. The van der Waals surface area contributed by atoms with Gasteiger partial charge in [-0.2, -0.15) is 5.10 Å². The highest BCUT2D eigenvalue weighted by atomic mass is 79.9. The summed E-state index contributed by atoms with van der Waals surface area (Å²) in [6.07, 6.45) is 1.59. The smallest absolute Gasteiger partial charge is 0.244 e. The minimum Gasteiger partial charge on any atom is -0.507 e. The van der Waals surface area contributed by atoms with E-state index in [-0.39, 0.29) is 5.75 Å². The van der Waals surface area contributed by atoms with Crippen LogP contribution in [0.15, 0.2) is 94.5 Å². The first-order valence-electron chi connectivity index (χ1n) is 9.71. The minimum atomic E-state index is 0.165. The van der Waals surface area contributed by atoms with Crippen molar-refractivity contribution in [3.05, 3.63) is 95.0 Å². The Morgan fingerprint density at radius 1 is 0.839 bits per heavy atom. The second-order valence-electron chi connectivity index (χ2n) is 7.01. The molecule has 5 nitrogen and oxygen atoms in total.